The van der Waals surface area contributed by atoms with Gasteiger partial charge in [-0.25, -0.2) is 9.97 Å². The van der Waals surface area contributed by atoms with Crippen molar-refractivity contribution in [1.29, 1.82) is 0 Å². The zero-order valence-electron chi connectivity index (χ0n) is 35.5. The van der Waals surface area contributed by atoms with E-state index < -0.39 is 35.2 Å². The van der Waals surface area contributed by atoms with Gasteiger partial charge in [-0.15, -0.1) is 0 Å². The molecule has 4 fully saturated rings. The molecule has 9 atom stereocenters. The number of ketones is 1. The maximum absolute atomic E-state index is 14.5. The molecule has 0 aliphatic heterocycles. The number of fused-ring (bicyclic) bond motifs is 7. The molecule has 0 unspecified atom stereocenters. The summed E-state index contributed by atoms with van der Waals surface area (Å²) in [5, 5.41) is 19.0. The molecular weight excluding hydrogens is 788 g/mol. The van der Waals surface area contributed by atoms with Gasteiger partial charge in [0.25, 0.3) is 0 Å². The topological polar surface area (TPSA) is 277 Å². The Morgan fingerprint density at radius 2 is 1.50 bits per heavy atom. The number of carbonyl (C=O) groups excluding carboxylic acids is 3. The molecule has 1 heterocycles. The molecule has 18 heteroatoms. The van der Waals surface area contributed by atoms with E-state index in [-0.39, 0.29) is 151 Å². The number of carboxylic acids is 2. The maximum atomic E-state index is 14.5. The second-order valence-electron chi connectivity index (χ2n) is 18.8. The Labute approximate surface area is 389 Å². The van der Waals surface area contributed by atoms with Crippen LogP contribution in [0.15, 0.2) is 16.6 Å². The quantitative estimate of drug-likeness (QED) is 0.0974. The third-order valence-electron chi connectivity index (χ3n) is 15.2. The minimum absolute atomic E-state index is 0. The summed E-state index contributed by atoms with van der Waals surface area (Å²) in [6.07, 6.45) is 8.80. The molecule has 15 nitrogen and oxygen atoms in total. The molecule has 1 aromatic rings. The number of amides is 1. The third-order valence-corrected chi connectivity index (χ3v) is 15.5. The van der Waals surface area contributed by atoms with Crippen LogP contribution in [0.25, 0.3) is 0 Å². The monoisotopic (exact) mass is 845 g/mol. The Hall–Kier alpha value is -2.27. The zero-order valence-corrected chi connectivity index (χ0v) is 40.3. The molecule has 0 saturated heterocycles. The van der Waals surface area contributed by atoms with Gasteiger partial charge in [-0.1, -0.05) is 58.7 Å². The molecule has 10 N–H and O–H groups in total. The number of hydrogen-bond donors (Lipinski definition) is 6. The summed E-state index contributed by atoms with van der Waals surface area (Å²) >= 11 is 5.55. The van der Waals surface area contributed by atoms with Crippen molar-refractivity contribution in [3.05, 3.63) is 22.5 Å². The molecule has 4 saturated carbocycles. The molecule has 5 aliphatic rings. The van der Waals surface area contributed by atoms with E-state index in [2.05, 4.69) is 56.5 Å². The minimum Gasteiger partial charge on any atom is -0.481 e. The number of nitrogens with two attached hydrogens (primary N) is 4. The van der Waals surface area contributed by atoms with Crippen molar-refractivity contribution in [3.8, 4) is 0 Å². The fourth-order valence-electron chi connectivity index (χ4n) is 11.8. The molecule has 1 aromatic heterocycles. The predicted molar refractivity (Wildman–Crippen MR) is 221 cm³/mol. The average molecular weight is 846 g/mol. The Kier molecular flexibility index (Phi) is 15.2. The van der Waals surface area contributed by atoms with Crippen LogP contribution in [-0.2, 0) is 23.9 Å². The summed E-state index contributed by atoms with van der Waals surface area (Å²) in [5.74, 6) is -3.37. The summed E-state index contributed by atoms with van der Waals surface area (Å²) in [4.78, 5) is 72.0. The van der Waals surface area contributed by atoms with Gasteiger partial charge in [-0.3, -0.25) is 24.0 Å². The van der Waals surface area contributed by atoms with E-state index in [1.807, 2.05) is 13.0 Å². The van der Waals surface area contributed by atoms with Crippen LogP contribution in [-0.4, -0.2) is 121 Å². The van der Waals surface area contributed by atoms with Crippen molar-refractivity contribution in [2.45, 2.75) is 125 Å². The average Bonchev–Trinajstić information content (AvgIpc) is 3.08. The number of aromatic nitrogens is 2. The molecule has 310 valence electrons. The number of carboxylic acid groups (broad SMARTS) is 2. The second-order valence-corrected chi connectivity index (χ2v) is 19.1. The number of aliphatic imine (C=N–C) groups is 1. The van der Waals surface area contributed by atoms with E-state index in [9.17, 15) is 29.1 Å². The fourth-order valence-corrected chi connectivity index (χ4v) is 11.9. The van der Waals surface area contributed by atoms with Crippen molar-refractivity contribution in [2.75, 3.05) is 11.5 Å². The first kappa shape index (κ1) is 50.1. The second kappa shape index (κ2) is 17.6. The van der Waals surface area contributed by atoms with Crippen molar-refractivity contribution in [1.82, 2.24) is 9.97 Å². The molecule has 0 aromatic carbocycles. The molecule has 0 bridgehead atoms. The Morgan fingerprint density at radius 1 is 0.879 bits per heavy atom. The van der Waals surface area contributed by atoms with Crippen molar-refractivity contribution in [3.63, 3.8) is 0 Å². The van der Waals surface area contributed by atoms with E-state index in [1.165, 1.54) is 5.57 Å². The summed E-state index contributed by atoms with van der Waals surface area (Å²) in [6.45, 7) is 15.5. The summed E-state index contributed by atoms with van der Waals surface area (Å²) in [5.41, 5.74) is 19.9. The first-order valence-corrected chi connectivity index (χ1v) is 19.8. The van der Waals surface area contributed by atoms with Crippen LogP contribution in [0, 0.1) is 50.2 Å². The number of anilines is 2. The van der Waals surface area contributed by atoms with Gasteiger partial charge in [-0.2, -0.15) is 4.99 Å². The van der Waals surface area contributed by atoms with Crippen LogP contribution < -0.4 is 22.9 Å². The largest absolute Gasteiger partial charge is 0.481 e. The van der Waals surface area contributed by atoms with Crippen molar-refractivity contribution >= 4 is 118 Å². The van der Waals surface area contributed by atoms with Gasteiger partial charge >= 0.3 is 23.8 Å². The first-order chi connectivity index (χ1) is 25.8. The van der Waals surface area contributed by atoms with E-state index in [0.717, 1.165) is 38.5 Å². The molecule has 2 radical (unpaired) electrons. The molecular formula is C40H58ClN7Na2O8. The third kappa shape index (κ3) is 8.74. The molecule has 5 aliphatic carbocycles. The number of guanidine groups is 1. The number of nitrogens with zero attached hydrogens (tertiary/aromatic N) is 3. The number of carbonyl (C=O) groups is 5. The number of rotatable bonds is 6. The number of nitrogen functional groups attached to an aromatic ring is 2. The van der Waals surface area contributed by atoms with Crippen LogP contribution in [0.4, 0.5) is 11.6 Å². The molecule has 1 amide bonds. The van der Waals surface area contributed by atoms with Crippen LogP contribution in [0.2, 0.25) is 5.15 Å². The van der Waals surface area contributed by atoms with E-state index in [0.29, 0.717) is 19.3 Å². The van der Waals surface area contributed by atoms with Gasteiger partial charge in [0.15, 0.2) is 34.2 Å². The normalized spacial score (nSPS) is 35.4. The number of aliphatic carboxylic acids is 2. The number of ether oxygens (including phenoxy) is 1. The predicted octanol–water partition coefficient (Wildman–Crippen LogP) is 4.77. The van der Waals surface area contributed by atoms with Crippen LogP contribution in [0.1, 0.15) is 130 Å². The van der Waals surface area contributed by atoms with E-state index in [4.69, 9.17) is 44.4 Å². The Bertz CT molecular complexity index is 1910. The molecule has 0 spiro atoms. The first-order valence-electron chi connectivity index (χ1n) is 19.4. The van der Waals surface area contributed by atoms with E-state index in [1.54, 1.807) is 0 Å². The van der Waals surface area contributed by atoms with Gasteiger partial charge in [0.1, 0.15) is 6.10 Å². The van der Waals surface area contributed by atoms with Crippen molar-refractivity contribution < 1.29 is 38.9 Å². The van der Waals surface area contributed by atoms with E-state index >= 15 is 0 Å². The van der Waals surface area contributed by atoms with Gasteiger partial charge in [0.05, 0.1) is 18.3 Å². The standard InChI is InChI=1S/C34H50O7.C6H8ClN7O.2Na/c1-29(2)23-10-13-34(7)27(32(23,5)12-11-24(29)41-26(38)9-8-25(36)37)22(35)18-20-21-19-31(4,28(39)40)15-14-30(21,3)16-17-33(20,34)6;7-2-4(9)13-3(8)1(12-2)5(15)14-6(10)11;;/h18,21,23-24,27H,8-17,19H2,1-7H3,(H,36,37)(H,39,40);(H4,8,9,13)(H4,10,11,14,15);;/t21-,23-,24-,27+,30+,31-,32-,33+,34+;;;/m0.../s1. The van der Waals surface area contributed by atoms with Gasteiger partial charge in [-0.05, 0) is 104 Å². The smallest absolute Gasteiger partial charge is 0.309 e. The Balaban J connectivity index is 0.000000449. The fraction of sp³-hybridized carbons (Fsp3) is 0.700. The van der Waals surface area contributed by atoms with Gasteiger partial charge in [0.2, 0.25) is 0 Å². The summed E-state index contributed by atoms with van der Waals surface area (Å²) < 4.78 is 5.91. The zero-order chi connectivity index (χ0) is 42.0. The summed E-state index contributed by atoms with van der Waals surface area (Å²) in [6, 6.07) is 0. The van der Waals surface area contributed by atoms with Crippen LogP contribution >= 0.6 is 11.6 Å². The SMILES string of the molecule is CC1(C)[C@@H](OC(=O)CCC(=O)O)CC[C@]2(C)[C@H]3C(=O)C=C4[C@@H]5C[C@@](C)(C(=O)O)CC[C@]5(C)CC[C@@]4(C)[C@]3(C)CC[C@@H]12.NC(N)=NC(=O)c1nc(Cl)c(N)nc1N.[Na].[Na]. The maximum Gasteiger partial charge on any atom is 0.309 e. The number of halogens is 1. The molecule has 6 rings (SSSR count). The van der Waals surface area contributed by atoms with Crippen LogP contribution in [0.3, 0.4) is 0 Å². The summed E-state index contributed by atoms with van der Waals surface area (Å²) in [7, 11) is 0. The van der Waals surface area contributed by atoms with Gasteiger partial charge in [0, 0.05) is 70.4 Å². The minimum atomic E-state index is -1.01. The number of esters is 1. The molecule has 58 heavy (non-hydrogen) atoms. The van der Waals surface area contributed by atoms with Crippen LogP contribution in [0.5, 0.6) is 0 Å². The number of hydrogen-bond acceptors (Lipinski definition) is 10. The number of allylic oxidation sites excluding steroid dienone is 2. The Morgan fingerprint density at radius 3 is 2.09 bits per heavy atom. The van der Waals surface area contributed by atoms with Crippen molar-refractivity contribution in [2.24, 2.45) is 66.7 Å². The van der Waals surface area contributed by atoms with Gasteiger partial charge < -0.3 is 37.9 Å².